The average molecular weight is 972 g/mol. The third-order valence-corrected chi connectivity index (χ3v) is 11.3. The van der Waals surface area contributed by atoms with E-state index in [1.54, 1.807) is 0 Å². The van der Waals surface area contributed by atoms with E-state index in [9.17, 15) is 0 Å². The van der Waals surface area contributed by atoms with Gasteiger partial charge in [-0.1, -0.05) is 136 Å². The van der Waals surface area contributed by atoms with E-state index < -0.39 is 0 Å². The maximum absolute atomic E-state index is 8.29. The van der Waals surface area contributed by atoms with E-state index in [2.05, 4.69) is 194 Å². The fourth-order valence-electron chi connectivity index (χ4n) is 7.70. The Morgan fingerprint density at radius 2 is 1.20 bits per heavy atom. The summed E-state index contributed by atoms with van der Waals surface area (Å²) < 4.78 is 8.93. The van der Waals surface area contributed by atoms with E-state index in [-0.39, 0.29) is 42.7 Å². The number of anilines is 4. The van der Waals surface area contributed by atoms with Crippen LogP contribution in [0.5, 0.6) is 11.5 Å². The Morgan fingerprint density at radius 3 is 1.82 bits per heavy atom. The van der Waals surface area contributed by atoms with Crippen LogP contribution >= 0.6 is 0 Å². The molecule has 0 unspecified atom stereocenters. The van der Waals surface area contributed by atoms with Crippen LogP contribution in [0.25, 0.3) is 32.5 Å². The van der Waals surface area contributed by atoms with Gasteiger partial charge < -0.3 is 19.1 Å². The predicted molar refractivity (Wildman–Crippen MR) is 245 cm³/mol. The normalized spacial score (nSPS) is 13.4. The molecular weight excluding hydrogens is 918 g/mol. The van der Waals surface area contributed by atoms with E-state index in [1.165, 1.54) is 16.7 Å². The first-order valence-electron chi connectivity index (χ1n) is 20.5. The van der Waals surface area contributed by atoms with Crippen LogP contribution in [0.15, 0.2) is 103 Å². The molecule has 5 aromatic carbocycles. The van der Waals surface area contributed by atoms with Gasteiger partial charge in [0.2, 0.25) is 5.69 Å². The molecule has 0 saturated carbocycles. The SMILES string of the molecule is [C-]#[N+]c1cc2c3ccccc3n(-c3cc(C(C)(C)C)ccn3)c2[c-]c1Oc1[c-]c(N2[CH-]N(c3cc(C(C)(C)C)cc(C(C)(C)C)c3)c3ccccc32)cc(C(C)(C)C)c1.[Pt]. The molecule has 0 spiro atoms. The van der Waals surface area contributed by atoms with Crippen molar-refractivity contribution in [1.29, 1.82) is 0 Å². The summed E-state index contributed by atoms with van der Waals surface area (Å²) in [6, 6.07) is 41.3. The number of benzene rings is 5. The van der Waals surface area contributed by atoms with Gasteiger partial charge in [0.1, 0.15) is 18.1 Å². The second-order valence-corrected chi connectivity index (χ2v) is 19.9. The topological polar surface area (TPSA) is 37.9 Å². The Bertz CT molecular complexity index is 2770. The van der Waals surface area contributed by atoms with E-state index in [0.717, 1.165) is 55.9 Å². The first-order chi connectivity index (χ1) is 27.7. The minimum absolute atomic E-state index is 0. The van der Waals surface area contributed by atoms with Crippen molar-refractivity contribution < 1.29 is 25.8 Å². The number of pyridine rings is 1. The van der Waals surface area contributed by atoms with Crippen molar-refractivity contribution in [3.8, 4) is 17.3 Å². The Kier molecular flexibility index (Phi) is 10.9. The van der Waals surface area contributed by atoms with Crippen LogP contribution in [-0.4, -0.2) is 9.55 Å². The van der Waals surface area contributed by atoms with Gasteiger partial charge in [0.25, 0.3) is 0 Å². The second kappa shape index (κ2) is 15.3. The number of ether oxygens (including phenoxy) is 1. The molecule has 7 heteroatoms. The van der Waals surface area contributed by atoms with E-state index in [1.807, 2.05) is 30.5 Å². The van der Waals surface area contributed by atoms with Gasteiger partial charge in [-0.25, -0.2) is 9.83 Å². The Balaban J connectivity index is 0.00000544. The van der Waals surface area contributed by atoms with Crippen LogP contribution in [0.1, 0.15) is 105 Å². The number of hydrogen-bond acceptors (Lipinski definition) is 4. The number of hydrogen-bond donors (Lipinski definition) is 0. The van der Waals surface area contributed by atoms with Crippen LogP contribution in [0.3, 0.4) is 0 Å². The summed E-state index contributed by atoms with van der Waals surface area (Å²) in [6.07, 6.45) is 1.87. The molecule has 3 heterocycles. The van der Waals surface area contributed by atoms with Crippen LogP contribution in [-0.2, 0) is 42.7 Å². The quantitative estimate of drug-likeness (QED) is 0.161. The standard InChI is InChI=1S/C53H54N5O.Pt/c1-50(2,3)34-22-23-55-49(29-34)58-44-19-15-14-18-41(44)42-31-43(54-13)48(32-47(42)58)59-40-28-37(53(10,11)12)27-39(30-40)57-33-56(45-20-16-17-21-46(45)57)38-25-35(51(4,5)6)24-36(26-38)52(7,8)9;/h14-29,31,33H,1-12H3;/q-3;. The van der Waals surface area contributed by atoms with Gasteiger partial charge in [0.05, 0.1) is 0 Å². The molecule has 1 aliphatic heterocycles. The zero-order valence-electron chi connectivity index (χ0n) is 36.9. The van der Waals surface area contributed by atoms with Gasteiger partial charge in [0.15, 0.2) is 0 Å². The summed E-state index contributed by atoms with van der Waals surface area (Å²) >= 11 is 0. The number of para-hydroxylation sites is 3. The molecule has 6 nitrogen and oxygen atoms in total. The minimum atomic E-state index is -0.212. The maximum atomic E-state index is 8.29. The summed E-state index contributed by atoms with van der Waals surface area (Å²) in [4.78, 5) is 13.3. The van der Waals surface area contributed by atoms with Crippen molar-refractivity contribution in [2.24, 2.45) is 0 Å². The van der Waals surface area contributed by atoms with Gasteiger partial charge in [0, 0.05) is 55.6 Å². The molecular formula is C53H54N5OPt-3. The fourth-order valence-corrected chi connectivity index (χ4v) is 7.70. The smallest absolute Gasteiger partial charge is 0.249 e. The van der Waals surface area contributed by atoms with Gasteiger partial charge in [-0.2, -0.15) is 0 Å². The first-order valence-corrected chi connectivity index (χ1v) is 20.5. The summed E-state index contributed by atoms with van der Waals surface area (Å²) in [7, 11) is 0. The molecule has 0 radical (unpaired) electrons. The molecule has 0 amide bonds. The summed E-state index contributed by atoms with van der Waals surface area (Å²) in [5, 5.41) is 1.95. The molecule has 0 bridgehead atoms. The van der Waals surface area contributed by atoms with Crippen LogP contribution in [0.4, 0.5) is 28.4 Å². The van der Waals surface area contributed by atoms with Gasteiger partial charge in [-0.05, 0) is 86.2 Å². The van der Waals surface area contributed by atoms with E-state index in [0.29, 0.717) is 17.2 Å². The largest absolute Gasteiger partial charge is 0.501 e. The summed E-state index contributed by atoms with van der Waals surface area (Å²) in [5.41, 5.74) is 10.8. The second-order valence-electron chi connectivity index (χ2n) is 19.9. The zero-order valence-corrected chi connectivity index (χ0v) is 39.1. The van der Waals surface area contributed by atoms with E-state index in [4.69, 9.17) is 16.3 Å². The third-order valence-electron chi connectivity index (χ3n) is 11.3. The Morgan fingerprint density at radius 1 is 0.617 bits per heavy atom. The Hall–Kier alpha value is -5.37. The zero-order chi connectivity index (χ0) is 42.2. The van der Waals surface area contributed by atoms with Crippen molar-refractivity contribution in [3.63, 3.8) is 0 Å². The minimum Gasteiger partial charge on any atom is -0.501 e. The Labute approximate surface area is 371 Å². The molecule has 60 heavy (non-hydrogen) atoms. The first kappa shape index (κ1) is 42.7. The molecule has 7 aromatic rings. The molecule has 0 saturated heterocycles. The summed E-state index contributed by atoms with van der Waals surface area (Å²) in [6.45, 7) is 37.3. The fraction of sp³-hybridized carbons (Fsp3) is 0.302. The summed E-state index contributed by atoms with van der Waals surface area (Å²) in [5.74, 6) is 1.65. The number of rotatable bonds is 5. The van der Waals surface area contributed by atoms with Crippen molar-refractivity contribution in [1.82, 2.24) is 9.55 Å². The van der Waals surface area contributed by atoms with Crippen molar-refractivity contribution in [2.75, 3.05) is 9.80 Å². The van der Waals surface area contributed by atoms with Crippen molar-refractivity contribution >= 4 is 50.2 Å². The molecule has 8 rings (SSSR count). The number of aromatic nitrogens is 2. The van der Waals surface area contributed by atoms with Gasteiger partial charge in [-0.15, -0.1) is 42.2 Å². The monoisotopic (exact) mass is 971 g/mol. The van der Waals surface area contributed by atoms with Gasteiger partial charge in [-0.3, -0.25) is 0 Å². The molecule has 0 fully saturated rings. The molecule has 0 aliphatic carbocycles. The van der Waals surface area contributed by atoms with E-state index >= 15 is 0 Å². The van der Waals surface area contributed by atoms with Gasteiger partial charge >= 0.3 is 0 Å². The molecule has 310 valence electrons. The molecule has 0 atom stereocenters. The third kappa shape index (κ3) is 7.97. The number of fused-ring (bicyclic) bond motifs is 4. The van der Waals surface area contributed by atoms with Crippen LogP contribution in [0.2, 0.25) is 0 Å². The molecule has 2 aromatic heterocycles. The molecule has 1 aliphatic rings. The average Bonchev–Trinajstić information content (AvgIpc) is 3.72. The predicted octanol–water partition coefficient (Wildman–Crippen LogP) is 14.7. The maximum Gasteiger partial charge on any atom is 0.249 e. The number of nitrogens with zero attached hydrogens (tertiary/aromatic N) is 5. The van der Waals surface area contributed by atoms with Crippen LogP contribution in [0, 0.1) is 25.4 Å². The van der Waals surface area contributed by atoms with Crippen LogP contribution < -0.4 is 14.5 Å². The molecule has 0 N–H and O–H groups in total. The van der Waals surface area contributed by atoms with Crippen molar-refractivity contribution in [3.05, 3.63) is 156 Å². The van der Waals surface area contributed by atoms with Crippen molar-refractivity contribution in [2.45, 2.75) is 105 Å².